The van der Waals surface area contributed by atoms with E-state index in [1.54, 1.807) is 13.3 Å². The van der Waals surface area contributed by atoms with Crippen LogP contribution in [-0.2, 0) is 4.74 Å². The zero-order valence-corrected chi connectivity index (χ0v) is 11.0. The van der Waals surface area contributed by atoms with Gasteiger partial charge in [0.05, 0.1) is 35.7 Å². The average molecular weight is 261 g/mol. The fourth-order valence-electron chi connectivity index (χ4n) is 2.08. The van der Waals surface area contributed by atoms with Crippen molar-refractivity contribution in [3.05, 3.63) is 30.5 Å². The molecule has 1 unspecified atom stereocenters. The summed E-state index contributed by atoms with van der Waals surface area (Å²) in [7, 11) is 1.64. The zero-order valence-electron chi connectivity index (χ0n) is 11.0. The van der Waals surface area contributed by atoms with Crippen molar-refractivity contribution in [1.82, 2.24) is 4.98 Å². The Morgan fingerprint density at radius 1 is 1.42 bits per heavy atom. The lowest BCUT2D eigenvalue weighted by Crippen LogP contribution is -2.26. The van der Waals surface area contributed by atoms with E-state index < -0.39 is 0 Å². The van der Waals surface area contributed by atoms with Crippen LogP contribution in [0.5, 0.6) is 0 Å². The highest BCUT2D eigenvalue weighted by Crippen LogP contribution is 2.28. The molecule has 1 aromatic heterocycles. The fourth-order valence-corrected chi connectivity index (χ4v) is 2.08. The number of nitrogen functional groups attached to an aromatic ring is 1. The minimum absolute atomic E-state index is 0.0168. The van der Waals surface area contributed by atoms with Crippen molar-refractivity contribution in [2.24, 2.45) is 0 Å². The highest BCUT2D eigenvalue weighted by Gasteiger charge is 2.12. The molecule has 0 aliphatic heterocycles. The second kappa shape index (κ2) is 6.36. The van der Waals surface area contributed by atoms with Gasteiger partial charge in [0.25, 0.3) is 0 Å². The van der Waals surface area contributed by atoms with E-state index in [0.717, 1.165) is 16.6 Å². The van der Waals surface area contributed by atoms with Crippen molar-refractivity contribution in [3.63, 3.8) is 0 Å². The molecule has 0 bridgehead atoms. The van der Waals surface area contributed by atoms with Gasteiger partial charge in [-0.2, -0.15) is 0 Å². The van der Waals surface area contributed by atoms with E-state index in [-0.39, 0.29) is 12.6 Å². The van der Waals surface area contributed by atoms with E-state index in [1.807, 2.05) is 24.3 Å². The first-order chi connectivity index (χ1) is 9.26. The summed E-state index contributed by atoms with van der Waals surface area (Å²) in [6.45, 7) is 0.612. The number of ether oxygens (including phenoxy) is 1. The van der Waals surface area contributed by atoms with Gasteiger partial charge in [-0.15, -0.1) is 0 Å². The van der Waals surface area contributed by atoms with Crippen LogP contribution in [0.1, 0.15) is 6.42 Å². The molecule has 19 heavy (non-hydrogen) atoms. The number of nitrogens with zero attached hydrogens (tertiary/aromatic N) is 1. The molecule has 5 nitrogen and oxygen atoms in total. The average Bonchev–Trinajstić information content (AvgIpc) is 2.42. The molecule has 4 N–H and O–H groups in total. The number of aliphatic hydroxyl groups excluding tert-OH is 1. The Morgan fingerprint density at radius 3 is 2.95 bits per heavy atom. The van der Waals surface area contributed by atoms with Gasteiger partial charge in [0, 0.05) is 19.1 Å². The molecular formula is C14H19N3O2. The summed E-state index contributed by atoms with van der Waals surface area (Å²) in [5.74, 6) is 0. The standard InChI is InChI=1S/C14H19N3O2/c1-19-9-10(6-7-18)17-14-11-4-2-3-5-13(11)16-8-12(14)15/h2-5,8,10,18H,6-7,9,15H2,1H3,(H,16,17). The van der Waals surface area contributed by atoms with Crippen molar-refractivity contribution in [3.8, 4) is 0 Å². The molecule has 0 saturated carbocycles. The van der Waals surface area contributed by atoms with Crippen LogP contribution in [0.25, 0.3) is 10.9 Å². The van der Waals surface area contributed by atoms with Crippen molar-refractivity contribution >= 4 is 22.3 Å². The SMILES string of the molecule is COCC(CCO)Nc1c(N)cnc2ccccc12. The molecule has 0 spiro atoms. The molecule has 0 fully saturated rings. The van der Waals surface area contributed by atoms with Crippen LogP contribution in [0.15, 0.2) is 30.5 Å². The predicted octanol–water partition coefficient (Wildman–Crippen LogP) is 1.63. The topological polar surface area (TPSA) is 80.4 Å². The molecule has 1 heterocycles. The van der Waals surface area contributed by atoms with Gasteiger partial charge in [0.1, 0.15) is 0 Å². The van der Waals surface area contributed by atoms with Crippen molar-refractivity contribution in [2.75, 3.05) is 31.4 Å². The van der Waals surface area contributed by atoms with Crippen LogP contribution in [0.4, 0.5) is 11.4 Å². The molecule has 1 atom stereocenters. The second-order valence-electron chi connectivity index (χ2n) is 4.41. The lowest BCUT2D eigenvalue weighted by Gasteiger charge is -2.20. The molecule has 0 radical (unpaired) electrons. The third kappa shape index (κ3) is 3.13. The Kier molecular flexibility index (Phi) is 4.54. The van der Waals surface area contributed by atoms with Gasteiger partial charge in [-0.05, 0) is 12.5 Å². The number of pyridine rings is 1. The van der Waals surface area contributed by atoms with Crippen LogP contribution in [0, 0.1) is 0 Å². The highest BCUT2D eigenvalue weighted by atomic mass is 16.5. The minimum Gasteiger partial charge on any atom is -0.396 e. The third-order valence-electron chi connectivity index (χ3n) is 3.00. The van der Waals surface area contributed by atoms with Gasteiger partial charge < -0.3 is 20.9 Å². The molecule has 0 amide bonds. The van der Waals surface area contributed by atoms with Gasteiger partial charge in [-0.25, -0.2) is 0 Å². The Labute approximate surface area is 112 Å². The van der Waals surface area contributed by atoms with Crippen LogP contribution in [0.2, 0.25) is 0 Å². The smallest absolute Gasteiger partial charge is 0.0743 e. The van der Waals surface area contributed by atoms with Gasteiger partial charge in [0.2, 0.25) is 0 Å². The molecule has 102 valence electrons. The van der Waals surface area contributed by atoms with Gasteiger partial charge >= 0.3 is 0 Å². The number of aliphatic hydroxyl groups is 1. The van der Waals surface area contributed by atoms with Gasteiger partial charge in [0.15, 0.2) is 0 Å². The lowest BCUT2D eigenvalue weighted by molar-refractivity contribution is 0.170. The number of aromatic nitrogens is 1. The molecular weight excluding hydrogens is 242 g/mol. The zero-order chi connectivity index (χ0) is 13.7. The first kappa shape index (κ1) is 13.6. The van der Waals surface area contributed by atoms with Crippen LogP contribution < -0.4 is 11.1 Å². The third-order valence-corrected chi connectivity index (χ3v) is 3.00. The maximum Gasteiger partial charge on any atom is 0.0743 e. The fraction of sp³-hybridized carbons (Fsp3) is 0.357. The summed E-state index contributed by atoms with van der Waals surface area (Å²) in [6, 6.07) is 7.83. The number of nitrogens with two attached hydrogens (primary N) is 1. The molecule has 1 aromatic carbocycles. The number of methoxy groups -OCH3 is 1. The van der Waals surface area contributed by atoms with Crippen molar-refractivity contribution in [1.29, 1.82) is 0 Å². The number of para-hydroxylation sites is 1. The van der Waals surface area contributed by atoms with Crippen LogP contribution in [0.3, 0.4) is 0 Å². The summed E-state index contributed by atoms with van der Waals surface area (Å²) >= 11 is 0. The molecule has 0 saturated heterocycles. The quantitative estimate of drug-likeness (QED) is 0.736. The monoisotopic (exact) mass is 261 g/mol. The van der Waals surface area contributed by atoms with E-state index in [4.69, 9.17) is 15.6 Å². The summed E-state index contributed by atoms with van der Waals surface area (Å²) in [5, 5.41) is 13.4. The lowest BCUT2D eigenvalue weighted by atomic mass is 10.1. The van der Waals surface area contributed by atoms with Crippen molar-refractivity contribution < 1.29 is 9.84 Å². The molecule has 0 aliphatic rings. The number of fused-ring (bicyclic) bond motifs is 1. The Morgan fingerprint density at radius 2 is 2.21 bits per heavy atom. The number of benzene rings is 1. The largest absolute Gasteiger partial charge is 0.396 e. The maximum atomic E-state index is 9.08. The van der Waals surface area contributed by atoms with E-state index in [9.17, 15) is 0 Å². The number of nitrogens with one attached hydrogen (secondary N) is 1. The number of hydrogen-bond acceptors (Lipinski definition) is 5. The molecule has 5 heteroatoms. The Hall–Kier alpha value is -1.85. The molecule has 2 aromatic rings. The second-order valence-corrected chi connectivity index (χ2v) is 4.41. The summed E-state index contributed by atoms with van der Waals surface area (Å²) in [4.78, 5) is 4.30. The summed E-state index contributed by atoms with van der Waals surface area (Å²) in [6.07, 6.45) is 2.25. The van der Waals surface area contributed by atoms with Crippen LogP contribution >= 0.6 is 0 Å². The van der Waals surface area contributed by atoms with Gasteiger partial charge in [-0.3, -0.25) is 4.98 Å². The van der Waals surface area contributed by atoms with E-state index in [2.05, 4.69) is 10.3 Å². The summed E-state index contributed by atoms with van der Waals surface area (Å²) in [5.41, 5.74) is 8.33. The first-order valence-corrected chi connectivity index (χ1v) is 6.25. The highest BCUT2D eigenvalue weighted by molar-refractivity contribution is 5.96. The molecule has 2 rings (SSSR count). The summed E-state index contributed by atoms with van der Waals surface area (Å²) < 4.78 is 5.15. The van der Waals surface area contributed by atoms with Crippen LogP contribution in [-0.4, -0.2) is 36.5 Å². The molecule has 0 aliphatic carbocycles. The normalized spacial score (nSPS) is 12.5. The number of anilines is 2. The predicted molar refractivity (Wildman–Crippen MR) is 77.1 cm³/mol. The maximum absolute atomic E-state index is 9.08. The first-order valence-electron chi connectivity index (χ1n) is 6.25. The van der Waals surface area contributed by atoms with E-state index >= 15 is 0 Å². The van der Waals surface area contributed by atoms with Crippen molar-refractivity contribution in [2.45, 2.75) is 12.5 Å². The Bertz CT molecular complexity index is 539. The van der Waals surface area contributed by atoms with E-state index in [1.165, 1.54) is 0 Å². The van der Waals surface area contributed by atoms with E-state index in [0.29, 0.717) is 18.7 Å². The number of rotatable bonds is 6. The minimum atomic E-state index is 0.0168. The Balaban J connectivity index is 2.34. The number of hydrogen-bond donors (Lipinski definition) is 3. The van der Waals surface area contributed by atoms with Gasteiger partial charge in [-0.1, -0.05) is 18.2 Å².